The van der Waals surface area contributed by atoms with E-state index in [0.717, 1.165) is 18.0 Å². The molecule has 2 aromatic carbocycles. The molecule has 0 aliphatic rings. The van der Waals surface area contributed by atoms with Crippen molar-refractivity contribution in [1.29, 1.82) is 0 Å². The lowest BCUT2D eigenvalue weighted by atomic mass is 10.2. The number of hydrogen-bond acceptors (Lipinski definition) is 4. The number of nitrogens with one attached hydrogen (secondary N) is 1. The summed E-state index contributed by atoms with van der Waals surface area (Å²) in [5, 5.41) is 19.4. The predicted molar refractivity (Wildman–Crippen MR) is 85.5 cm³/mol. The van der Waals surface area contributed by atoms with Crippen LogP contribution in [0.2, 0.25) is 0 Å². The number of aliphatic hydroxyl groups is 2. The molecule has 2 aromatic rings. The Labute approximate surface area is 126 Å². The van der Waals surface area contributed by atoms with Crippen molar-refractivity contribution in [3.05, 3.63) is 60.2 Å². The summed E-state index contributed by atoms with van der Waals surface area (Å²) in [4.78, 5) is 0. The van der Waals surface area contributed by atoms with E-state index in [9.17, 15) is 0 Å². The van der Waals surface area contributed by atoms with Gasteiger partial charge in [0.2, 0.25) is 0 Å². The normalized spacial score (nSPS) is 11.0. The molecule has 4 nitrogen and oxygen atoms in total. The summed E-state index contributed by atoms with van der Waals surface area (Å²) >= 11 is 0. The fraction of sp³-hybridized carbons (Fsp3) is 0.294. The zero-order valence-corrected chi connectivity index (χ0v) is 12.5. The second-order valence-electron chi connectivity index (χ2n) is 4.60. The Hall–Kier alpha value is -2.04. The van der Waals surface area contributed by atoms with Crippen LogP contribution in [0, 0.1) is 0 Å². The molecule has 114 valence electrons. The molecule has 0 spiro atoms. The third-order valence-corrected chi connectivity index (χ3v) is 2.69. The van der Waals surface area contributed by atoms with E-state index in [-0.39, 0.29) is 6.61 Å². The number of benzene rings is 2. The molecule has 0 aliphatic heterocycles. The topological polar surface area (TPSA) is 61.7 Å². The van der Waals surface area contributed by atoms with E-state index in [2.05, 4.69) is 17.4 Å². The van der Waals surface area contributed by atoms with Gasteiger partial charge in [-0.1, -0.05) is 30.3 Å². The molecule has 1 atom stereocenters. The van der Waals surface area contributed by atoms with Crippen molar-refractivity contribution in [2.75, 3.05) is 19.0 Å². The lowest BCUT2D eigenvalue weighted by Crippen LogP contribution is -2.03. The molecule has 0 heterocycles. The molecule has 1 unspecified atom stereocenters. The van der Waals surface area contributed by atoms with Gasteiger partial charge in [-0.2, -0.15) is 0 Å². The fourth-order valence-electron chi connectivity index (χ4n) is 1.51. The minimum Gasteiger partial charge on any atom is -0.497 e. The monoisotopic (exact) mass is 289 g/mol. The molecular weight excluding hydrogens is 266 g/mol. The Morgan fingerprint density at radius 3 is 2.10 bits per heavy atom. The van der Waals surface area contributed by atoms with Gasteiger partial charge in [0.05, 0.1) is 19.8 Å². The highest BCUT2D eigenvalue weighted by molar-refractivity contribution is 5.46. The first-order valence-electron chi connectivity index (χ1n) is 6.86. The van der Waals surface area contributed by atoms with Gasteiger partial charge in [0.25, 0.3) is 0 Å². The highest BCUT2D eigenvalue weighted by Gasteiger charge is 1.94. The SMILES string of the molecule is CC(O)CO.COc1ccc(NCc2ccccc2)cc1. The quantitative estimate of drug-likeness (QED) is 0.792. The van der Waals surface area contributed by atoms with Gasteiger partial charge in [0.15, 0.2) is 0 Å². The fourth-order valence-corrected chi connectivity index (χ4v) is 1.51. The smallest absolute Gasteiger partial charge is 0.119 e. The molecule has 0 fully saturated rings. The summed E-state index contributed by atoms with van der Waals surface area (Å²) in [6.07, 6.45) is -0.560. The van der Waals surface area contributed by atoms with E-state index >= 15 is 0 Å². The summed E-state index contributed by atoms with van der Waals surface area (Å²) < 4.78 is 5.10. The molecule has 2 rings (SSSR count). The van der Waals surface area contributed by atoms with Crippen LogP contribution in [0.4, 0.5) is 5.69 Å². The maximum absolute atomic E-state index is 8.11. The largest absolute Gasteiger partial charge is 0.497 e. The Bertz CT molecular complexity index is 483. The first-order valence-corrected chi connectivity index (χ1v) is 6.86. The van der Waals surface area contributed by atoms with Gasteiger partial charge in [0, 0.05) is 12.2 Å². The van der Waals surface area contributed by atoms with Gasteiger partial charge in [-0.25, -0.2) is 0 Å². The zero-order chi connectivity index (χ0) is 15.5. The van der Waals surface area contributed by atoms with Crippen LogP contribution in [0.3, 0.4) is 0 Å². The van der Waals surface area contributed by atoms with Crippen molar-refractivity contribution >= 4 is 5.69 Å². The molecule has 3 N–H and O–H groups in total. The Morgan fingerprint density at radius 2 is 1.62 bits per heavy atom. The average Bonchev–Trinajstić information content (AvgIpc) is 2.55. The third-order valence-electron chi connectivity index (χ3n) is 2.69. The first kappa shape index (κ1) is 17.0. The molecule has 0 amide bonds. The van der Waals surface area contributed by atoms with Crippen molar-refractivity contribution in [3.8, 4) is 5.75 Å². The number of methoxy groups -OCH3 is 1. The summed E-state index contributed by atoms with van der Waals surface area (Å²) in [6, 6.07) is 18.3. The first-order chi connectivity index (χ1) is 10.2. The number of rotatable bonds is 5. The molecule has 21 heavy (non-hydrogen) atoms. The Kier molecular flexibility index (Phi) is 7.94. The third kappa shape index (κ3) is 7.34. The van der Waals surface area contributed by atoms with Crippen LogP contribution in [0.15, 0.2) is 54.6 Å². The number of ether oxygens (including phenoxy) is 1. The van der Waals surface area contributed by atoms with Crippen LogP contribution in [0.25, 0.3) is 0 Å². The van der Waals surface area contributed by atoms with E-state index in [1.807, 2.05) is 42.5 Å². The van der Waals surface area contributed by atoms with Crippen molar-refractivity contribution in [2.24, 2.45) is 0 Å². The molecule has 0 aliphatic carbocycles. The van der Waals surface area contributed by atoms with Gasteiger partial charge in [-0.05, 0) is 36.8 Å². The molecular formula is C17H23NO3. The van der Waals surface area contributed by atoms with Gasteiger partial charge in [-0.15, -0.1) is 0 Å². The van der Waals surface area contributed by atoms with Gasteiger partial charge in [0.1, 0.15) is 5.75 Å². The Balaban J connectivity index is 0.000000383. The van der Waals surface area contributed by atoms with Crippen molar-refractivity contribution in [3.63, 3.8) is 0 Å². The van der Waals surface area contributed by atoms with E-state index < -0.39 is 6.10 Å². The lowest BCUT2D eigenvalue weighted by molar-refractivity contribution is 0.110. The van der Waals surface area contributed by atoms with Crippen molar-refractivity contribution in [2.45, 2.75) is 19.6 Å². The highest BCUT2D eigenvalue weighted by Crippen LogP contribution is 2.15. The minimum atomic E-state index is -0.560. The van der Waals surface area contributed by atoms with Gasteiger partial charge >= 0.3 is 0 Å². The van der Waals surface area contributed by atoms with Gasteiger partial charge < -0.3 is 20.3 Å². The maximum Gasteiger partial charge on any atom is 0.119 e. The van der Waals surface area contributed by atoms with E-state index in [0.29, 0.717) is 0 Å². The standard InChI is InChI=1S/C14H15NO.C3H8O2/c1-16-14-9-7-13(8-10-14)15-11-12-5-3-2-4-6-12;1-3(5)2-4/h2-10,15H,11H2,1H3;3-5H,2H2,1H3. The summed E-state index contributed by atoms with van der Waals surface area (Å²) in [5.41, 5.74) is 2.38. The lowest BCUT2D eigenvalue weighted by Gasteiger charge is -2.07. The second-order valence-corrected chi connectivity index (χ2v) is 4.60. The van der Waals surface area contributed by atoms with Crippen LogP contribution < -0.4 is 10.1 Å². The number of anilines is 1. The number of aliphatic hydroxyl groups excluding tert-OH is 2. The van der Waals surface area contributed by atoms with Crippen LogP contribution >= 0.6 is 0 Å². The van der Waals surface area contributed by atoms with Crippen molar-refractivity contribution < 1.29 is 14.9 Å². The van der Waals surface area contributed by atoms with E-state index in [1.165, 1.54) is 12.5 Å². The molecule has 0 saturated heterocycles. The second kappa shape index (κ2) is 9.80. The van der Waals surface area contributed by atoms with Crippen LogP contribution in [0.1, 0.15) is 12.5 Å². The number of hydrogen-bond donors (Lipinski definition) is 3. The summed E-state index contributed by atoms with van der Waals surface area (Å²) in [7, 11) is 1.67. The van der Waals surface area contributed by atoms with Crippen LogP contribution in [-0.2, 0) is 6.54 Å². The average molecular weight is 289 g/mol. The highest BCUT2D eigenvalue weighted by atomic mass is 16.5. The predicted octanol–water partition coefficient (Wildman–Crippen LogP) is 2.67. The minimum absolute atomic E-state index is 0.139. The summed E-state index contributed by atoms with van der Waals surface area (Å²) in [6.45, 7) is 2.23. The molecule has 0 saturated carbocycles. The molecule has 4 heteroatoms. The van der Waals surface area contributed by atoms with Crippen molar-refractivity contribution in [1.82, 2.24) is 0 Å². The summed E-state index contributed by atoms with van der Waals surface area (Å²) in [5.74, 6) is 0.880. The van der Waals surface area contributed by atoms with E-state index in [1.54, 1.807) is 7.11 Å². The molecule has 0 bridgehead atoms. The molecule has 0 radical (unpaired) electrons. The zero-order valence-electron chi connectivity index (χ0n) is 12.5. The van der Waals surface area contributed by atoms with E-state index in [4.69, 9.17) is 14.9 Å². The van der Waals surface area contributed by atoms with Crippen LogP contribution in [-0.4, -0.2) is 30.0 Å². The van der Waals surface area contributed by atoms with Gasteiger partial charge in [-0.3, -0.25) is 0 Å². The maximum atomic E-state index is 8.11. The molecule has 0 aromatic heterocycles. The Morgan fingerprint density at radius 1 is 1.05 bits per heavy atom. The van der Waals surface area contributed by atoms with Crippen LogP contribution in [0.5, 0.6) is 5.75 Å².